The van der Waals surface area contributed by atoms with Crippen molar-refractivity contribution in [2.45, 2.75) is 77.7 Å². The first-order chi connectivity index (χ1) is 13.0. The van der Waals surface area contributed by atoms with Gasteiger partial charge in [-0.25, -0.2) is 0 Å². The van der Waals surface area contributed by atoms with Gasteiger partial charge >= 0.3 is 0 Å². The quantitative estimate of drug-likeness (QED) is 0.605. The van der Waals surface area contributed by atoms with Crippen molar-refractivity contribution in [1.29, 1.82) is 0 Å². The van der Waals surface area contributed by atoms with E-state index in [2.05, 4.69) is 50.3 Å². The van der Waals surface area contributed by atoms with E-state index in [-0.39, 0.29) is 11.5 Å². The minimum Gasteiger partial charge on any atom is -0.388 e. The van der Waals surface area contributed by atoms with Crippen molar-refractivity contribution < 1.29 is 5.11 Å². The van der Waals surface area contributed by atoms with Gasteiger partial charge in [0.05, 0.1) is 6.10 Å². The van der Waals surface area contributed by atoms with Crippen LogP contribution in [-0.2, 0) is 0 Å². The molecule has 1 aromatic carbocycles. The van der Waals surface area contributed by atoms with Gasteiger partial charge < -0.3 is 5.11 Å². The van der Waals surface area contributed by atoms with Crippen LogP contribution in [-0.4, -0.2) is 11.2 Å². The zero-order chi connectivity index (χ0) is 18.6. The second kappa shape index (κ2) is 6.48. The van der Waals surface area contributed by atoms with Crippen LogP contribution in [0.15, 0.2) is 35.9 Å². The van der Waals surface area contributed by atoms with E-state index >= 15 is 0 Å². The van der Waals surface area contributed by atoms with Crippen LogP contribution in [0.25, 0.3) is 6.08 Å². The molecule has 0 aliphatic heterocycles. The van der Waals surface area contributed by atoms with E-state index in [1.807, 2.05) is 0 Å². The van der Waals surface area contributed by atoms with Crippen LogP contribution in [0.2, 0.25) is 0 Å². The predicted molar refractivity (Wildman–Crippen MR) is 112 cm³/mol. The van der Waals surface area contributed by atoms with Gasteiger partial charge in [0.25, 0.3) is 0 Å². The molecule has 1 nitrogen and oxygen atoms in total. The molecule has 5 rings (SSSR count). The molecule has 146 valence electrons. The van der Waals surface area contributed by atoms with Gasteiger partial charge in [-0.3, -0.25) is 0 Å². The van der Waals surface area contributed by atoms with Gasteiger partial charge in [0, 0.05) is 5.41 Å². The number of aliphatic hydroxyl groups excluding tert-OH is 1. The Labute approximate surface area is 165 Å². The Morgan fingerprint density at radius 2 is 1.70 bits per heavy atom. The molecule has 0 saturated heterocycles. The lowest BCUT2D eigenvalue weighted by Gasteiger charge is -2.60. The molecule has 0 amide bonds. The van der Waals surface area contributed by atoms with E-state index in [1.54, 1.807) is 0 Å². The van der Waals surface area contributed by atoms with Crippen LogP contribution >= 0.6 is 0 Å². The SMILES string of the molecule is C[C@]12CCCC[C@@H]1CC[C@H]1[C@H]2CC[C@@]2(C)[C@@H]1C/C(=C/c1ccccc1)[C@@H]2O. The van der Waals surface area contributed by atoms with Crippen LogP contribution in [0, 0.1) is 34.5 Å². The van der Waals surface area contributed by atoms with Crippen molar-refractivity contribution in [3.63, 3.8) is 0 Å². The fourth-order valence-electron chi connectivity index (χ4n) is 8.06. The summed E-state index contributed by atoms with van der Waals surface area (Å²) in [4.78, 5) is 0. The Balaban J connectivity index is 1.46. The number of hydrogen-bond acceptors (Lipinski definition) is 1. The van der Waals surface area contributed by atoms with E-state index in [4.69, 9.17) is 0 Å². The molecule has 0 aromatic heterocycles. The van der Waals surface area contributed by atoms with Crippen LogP contribution < -0.4 is 0 Å². The Kier molecular flexibility index (Phi) is 4.31. The van der Waals surface area contributed by atoms with E-state index in [1.165, 1.54) is 62.5 Å². The topological polar surface area (TPSA) is 20.2 Å². The summed E-state index contributed by atoms with van der Waals surface area (Å²) in [5.74, 6) is 3.39. The zero-order valence-corrected chi connectivity index (χ0v) is 17.2. The normalized spacial score (nSPS) is 48.0. The fraction of sp³-hybridized carbons (Fsp3) is 0.692. The maximum atomic E-state index is 11.3. The third-order valence-corrected chi connectivity index (χ3v) is 9.60. The first kappa shape index (κ1) is 18.0. The highest BCUT2D eigenvalue weighted by molar-refractivity contribution is 5.55. The molecule has 4 aliphatic carbocycles. The van der Waals surface area contributed by atoms with Crippen molar-refractivity contribution in [3.8, 4) is 0 Å². The average molecular weight is 365 g/mol. The van der Waals surface area contributed by atoms with Gasteiger partial charge in [-0.05, 0) is 85.2 Å². The van der Waals surface area contributed by atoms with Crippen molar-refractivity contribution in [2.24, 2.45) is 34.5 Å². The van der Waals surface area contributed by atoms with Gasteiger partial charge in [0.2, 0.25) is 0 Å². The first-order valence-corrected chi connectivity index (χ1v) is 11.5. The molecule has 0 spiro atoms. The molecule has 7 atom stereocenters. The molecule has 4 aliphatic rings. The van der Waals surface area contributed by atoms with Crippen molar-refractivity contribution >= 4 is 6.08 Å². The summed E-state index contributed by atoms with van der Waals surface area (Å²) >= 11 is 0. The van der Waals surface area contributed by atoms with Crippen LogP contribution in [0.5, 0.6) is 0 Å². The molecule has 0 radical (unpaired) electrons. The highest BCUT2D eigenvalue weighted by Crippen LogP contribution is 2.67. The van der Waals surface area contributed by atoms with Gasteiger partial charge in [-0.1, -0.05) is 63.1 Å². The molecule has 1 aromatic rings. The standard InChI is InChI=1S/C26H36O/c1-25-14-7-6-10-20(25)11-12-21-22(25)13-15-26(2)23(21)17-19(24(26)27)16-18-8-4-3-5-9-18/h3-5,8-9,16,20-24,27H,6-7,10-15,17H2,1-2H3/b19-16-/t20-,21+,22-,23-,24+,25+,26+/m1/s1. The van der Waals surface area contributed by atoms with E-state index in [9.17, 15) is 5.11 Å². The third-order valence-electron chi connectivity index (χ3n) is 9.60. The highest BCUT2D eigenvalue weighted by Gasteiger charge is 2.60. The largest absolute Gasteiger partial charge is 0.388 e. The number of benzene rings is 1. The monoisotopic (exact) mass is 364 g/mol. The molecule has 4 saturated carbocycles. The molecule has 1 N–H and O–H groups in total. The van der Waals surface area contributed by atoms with E-state index < -0.39 is 0 Å². The van der Waals surface area contributed by atoms with Gasteiger partial charge in [0.1, 0.15) is 0 Å². The predicted octanol–water partition coefficient (Wildman–Crippen LogP) is 6.47. The molecular weight excluding hydrogens is 328 g/mol. The van der Waals surface area contributed by atoms with Gasteiger partial charge in [0.15, 0.2) is 0 Å². The lowest BCUT2D eigenvalue weighted by atomic mass is 9.45. The van der Waals surface area contributed by atoms with Crippen LogP contribution in [0.3, 0.4) is 0 Å². The Morgan fingerprint density at radius 1 is 0.889 bits per heavy atom. The van der Waals surface area contributed by atoms with Crippen LogP contribution in [0.1, 0.15) is 77.2 Å². The smallest absolute Gasteiger partial charge is 0.0809 e. The molecule has 0 heterocycles. The van der Waals surface area contributed by atoms with Crippen molar-refractivity contribution in [3.05, 3.63) is 41.5 Å². The zero-order valence-electron chi connectivity index (χ0n) is 17.2. The number of rotatable bonds is 1. The molecule has 0 bridgehead atoms. The third kappa shape index (κ3) is 2.68. The molecule has 1 heteroatoms. The Hall–Kier alpha value is -1.08. The van der Waals surface area contributed by atoms with Crippen molar-refractivity contribution in [1.82, 2.24) is 0 Å². The fourth-order valence-corrected chi connectivity index (χ4v) is 8.06. The van der Waals surface area contributed by atoms with Gasteiger partial charge in [-0.15, -0.1) is 0 Å². The average Bonchev–Trinajstić information content (AvgIpc) is 2.93. The maximum absolute atomic E-state index is 11.3. The molecular formula is C26H36O. The second-order valence-corrected chi connectivity index (χ2v) is 10.7. The van der Waals surface area contributed by atoms with Gasteiger partial charge in [-0.2, -0.15) is 0 Å². The lowest BCUT2D eigenvalue weighted by Crippen LogP contribution is -2.53. The summed E-state index contributed by atoms with van der Waals surface area (Å²) in [6, 6.07) is 10.6. The highest BCUT2D eigenvalue weighted by atomic mass is 16.3. The maximum Gasteiger partial charge on any atom is 0.0809 e. The van der Waals surface area contributed by atoms with E-state index in [0.29, 0.717) is 11.3 Å². The van der Waals surface area contributed by atoms with E-state index in [0.717, 1.165) is 24.2 Å². The second-order valence-electron chi connectivity index (χ2n) is 10.7. The summed E-state index contributed by atoms with van der Waals surface area (Å²) in [5, 5.41) is 11.3. The number of hydrogen-bond donors (Lipinski definition) is 1. The first-order valence-electron chi connectivity index (χ1n) is 11.5. The summed E-state index contributed by atoms with van der Waals surface area (Å²) in [6.07, 6.45) is 14.4. The summed E-state index contributed by atoms with van der Waals surface area (Å²) in [5.41, 5.74) is 3.22. The number of aliphatic hydroxyl groups is 1. The molecule has 0 unspecified atom stereocenters. The Morgan fingerprint density at radius 3 is 2.52 bits per heavy atom. The molecule has 27 heavy (non-hydrogen) atoms. The summed E-state index contributed by atoms with van der Waals surface area (Å²) in [6.45, 7) is 5.04. The minimum absolute atomic E-state index is 0.0969. The molecule has 4 fully saturated rings. The Bertz CT molecular complexity index is 721. The number of fused-ring (bicyclic) bond motifs is 5. The minimum atomic E-state index is -0.249. The lowest BCUT2D eigenvalue weighted by molar-refractivity contribution is -0.119. The van der Waals surface area contributed by atoms with Crippen LogP contribution in [0.4, 0.5) is 0 Å². The van der Waals surface area contributed by atoms with Crippen molar-refractivity contribution in [2.75, 3.05) is 0 Å². The summed E-state index contributed by atoms with van der Waals surface area (Å²) < 4.78 is 0. The summed E-state index contributed by atoms with van der Waals surface area (Å²) in [7, 11) is 0.